The van der Waals surface area contributed by atoms with E-state index in [4.69, 9.17) is 5.11 Å². The van der Waals surface area contributed by atoms with Gasteiger partial charge in [-0.25, -0.2) is 0 Å². The van der Waals surface area contributed by atoms with E-state index in [0.717, 1.165) is 19.3 Å². The van der Waals surface area contributed by atoms with Crippen molar-refractivity contribution in [2.45, 2.75) is 32.6 Å². The summed E-state index contributed by atoms with van der Waals surface area (Å²) in [5.74, 6) is 0.178. The van der Waals surface area contributed by atoms with Crippen LogP contribution in [0.15, 0.2) is 0 Å². The molecule has 1 unspecified atom stereocenters. The minimum absolute atomic E-state index is 0.164. The highest BCUT2D eigenvalue weighted by molar-refractivity contribution is 5.68. The molecule has 0 rings (SSSR count). The van der Waals surface area contributed by atoms with Crippen molar-refractivity contribution >= 4 is 5.97 Å². The highest BCUT2D eigenvalue weighted by Gasteiger charge is 2.06. The normalized spacial score (nSPS) is 12.6. The van der Waals surface area contributed by atoms with Crippen molar-refractivity contribution < 1.29 is 14.6 Å². The third-order valence-corrected chi connectivity index (χ3v) is 2.06. The van der Waals surface area contributed by atoms with Crippen LogP contribution in [0.5, 0.6) is 0 Å². The maximum Gasteiger partial charge on any atom is 0.305 e. The summed E-state index contributed by atoms with van der Waals surface area (Å²) < 4.78 is 4.50. The summed E-state index contributed by atoms with van der Waals surface area (Å²) in [5.41, 5.74) is 0. The minimum Gasteiger partial charge on any atom is -0.469 e. The number of aliphatic hydroxyl groups is 1. The molecule has 72 valence electrons. The molecule has 0 bridgehead atoms. The Hall–Kier alpha value is -0.570. The molecule has 3 nitrogen and oxygen atoms in total. The van der Waals surface area contributed by atoms with Gasteiger partial charge in [-0.15, -0.1) is 0 Å². The Morgan fingerprint density at radius 1 is 1.58 bits per heavy atom. The van der Waals surface area contributed by atoms with Gasteiger partial charge in [0.15, 0.2) is 0 Å². The zero-order chi connectivity index (χ0) is 9.40. The molecule has 0 fully saturated rings. The molecule has 0 saturated carbocycles. The average molecular weight is 174 g/mol. The first kappa shape index (κ1) is 11.4. The fourth-order valence-corrected chi connectivity index (χ4v) is 1.06. The fourth-order valence-electron chi connectivity index (χ4n) is 1.06. The van der Waals surface area contributed by atoms with E-state index in [2.05, 4.69) is 4.74 Å². The van der Waals surface area contributed by atoms with Gasteiger partial charge in [-0.1, -0.05) is 13.3 Å². The van der Waals surface area contributed by atoms with Gasteiger partial charge >= 0.3 is 5.97 Å². The third-order valence-electron chi connectivity index (χ3n) is 2.06. The topological polar surface area (TPSA) is 46.5 Å². The molecule has 0 aromatic carbocycles. The van der Waals surface area contributed by atoms with Gasteiger partial charge in [-0.2, -0.15) is 0 Å². The Morgan fingerprint density at radius 3 is 2.67 bits per heavy atom. The molecular formula is C9H18O3. The summed E-state index contributed by atoms with van der Waals surface area (Å²) in [6.45, 7) is 2.26. The number of methoxy groups -OCH3 is 1. The van der Waals surface area contributed by atoms with Crippen molar-refractivity contribution in [3.05, 3.63) is 0 Å². The molecule has 12 heavy (non-hydrogen) atoms. The maximum absolute atomic E-state index is 10.7. The van der Waals surface area contributed by atoms with Crippen LogP contribution in [-0.2, 0) is 9.53 Å². The Balaban J connectivity index is 3.34. The van der Waals surface area contributed by atoms with E-state index in [-0.39, 0.29) is 12.6 Å². The second-order valence-electron chi connectivity index (χ2n) is 2.93. The van der Waals surface area contributed by atoms with Crippen LogP contribution in [0.2, 0.25) is 0 Å². The van der Waals surface area contributed by atoms with Crippen molar-refractivity contribution in [2.75, 3.05) is 13.7 Å². The van der Waals surface area contributed by atoms with Crippen LogP contribution in [0.1, 0.15) is 32.6 Å². The first-order valence-electron chi connectivity index (χ1n) is 4.42. The highest BCUT2D eigenvalue weighted by Crippen LogP contribution is 2.11. The predicted molar refractivity (Wildman–Crippen MR) is 46.7 cm³/mol. The Morgan fingerprint density at radius 2 is 2.25 bits per heavy atom. The zero-order valence-corrected chi connectivity index (χ0v) is 7.88. The van der Waals surface area contributed by atoms with Crippen LogP contribution in [0.3, 0.4) is 0 Å². The summed E-state index contributed by atoms with van der Waals surface area (Å²) in [6, 6.07) is 0. The van der Waals surface area contributed by atoms with E-state index < -0.39 is 0 Å². The van der Waals surface area contributed by atoms with Crippen molar-refractivity contribution in [1.29, 1.82) is 0 Å². The van der Waals surface area contributed by atoms with Gasteiger partial charge in [-0.3, -0.25) is 4.79 Å². The van der Waals surface area contributed by atoms with Crippen LogP contribution in [-0.4, -0.2) is 24.8 Å². The number of esters is 1. The van der Waals surface area contributed by atoms with Crippen molar-refractivity contribution in [1.82, 2.24) is 0 Å². The highest BCUT2D eigenvalue weighted by atomic mass is 16.5. The molecular weight excluding hydrogens is 156 g/mol. The smallest absolute Gasteiger partial charge is 0.305 e. The number of carbonyl (C=O) groups is 1. The quantitative estimate of drug-likeness (QED) is 0.618. The number of carbonyl (C=O) groups excluding carboxylic acids is 1. The van der Waals surface area contributed by atoms with Crippen LogP contribution in [0.4, 0.5) is 0 Å². The van der Waals surface area contributed by atoms with Crippen molar-refractivity contribution in [3.63, 3.8) is 0 Å². The van der Waals surface area contributed by atoms with Gasteiger partial charge < -0.3 is 9.84 Å². The molecule has 1 N–H and O–H groups in total. The van der Waals surface area contributed by atoms with Crippen molar-refractivity contribution in [2.24, 2.45) is 5.92 Å². The summed E-state index contributed by atoms with van der Waals surface area (Å²) >= 11 is 0. The summed E-state index contributed by atoms with van der Waals surface area (Å²) in [6.07, 6.45) is 3.15. The molecule has 3 heteroatoms. The largest absolute Gasteiger partial charge is 0.469 e. The fraction of sp³-hybridized carbons (Fsp3) is 0.889. The molecule has 0 aliphatic carbocycles. The summed E-state index contributed by atoms with van der Waals surface area (Å²) in [4.78, 5) is 10.7. The van der Waals surface area contributed by atoms with Gasteiger partial charge in [0, 0.05) is 13.0 Å². The maximum atomic E-state index is 10.7. The number of rotatable bonds is 6. The lowest BCUT2D eigenvalue weighted by atomic mass is 10.0. The second kappa shape index (κ2) is 7.10. The minimum atomic E-state index is -0.164. The SMILES string of the molecule is CCC(CO)CCCC(=O)OC. The van der Waals surface area contributed by atoms with Crippen LogP contribution in [0.25, 0.3) is 0 Å². The molecule has 0 aromatic heterocycles. The Bertz CT molecular complexity index is 119. The van der Waals surface area contributed by atoms with Gasteiger partial charge in [0.05, 0.1) is 7.11 Å². The van der Waals surface area contributed by atoms with E-state index >= 15 is 0 Å². The van der Waals surface area contributed by atoms with Crippen LogP contribution in [0, 0.1) is 5.92 Å². The van der Waals surface area contributed by atoms with E-state index in [1.165, 1.54) is 7.11 Å². The van der Waals surface area contributed by atoms with Crippen molar-refractivity contribution in [3.8, 4) is 0 Å². The lowest BCUT2D eigenvalue weighted by molar-refractivity contribution is -0.140. The molecule has 0 spiro atoms. The van der Waals surface area contributed by atoms with Gasteiger partial charge in [-0.05, 0) is 18.8 Å². The molecule has 0 amide bonds. The van der Waals surface area contributed by atoms with E-state index in [1.807, 2.05) is 6.92 Å². The zero-order valence-electron chi connectivity index (χ0n) is 7.88. The van der Waals surface area contributed by atoms with Crippen LogP contribution >= 0.6 is 0 Å². The summed E-state index contributed by atoms with van der Waals surface area (Å²) in [5, 5.41) is 8.83. The lowest BCUT2D eigenvalue weighted by Gasteiger charge is -2.09. The molecule has 1 atom stereocenters. The summed E-state index contributed by atoms with van der Waals surface area (Å²) in [7, 11) is 1.39. The monoisotopic (exact) mass is 174 g/mol. The Labute approximate surface area is 73.7 Å². The predicted octanol–water partition coefficient (Wildman–Crippen LogP) is 1.35. The Kier molecular flexibility index (Phi) is 6.76. The lowest BCUT2D eigenvalue weighted by Crippen LogP contribution is -2.06. The number of hydrogen-bond donors (Lipinski definition) is 1. The standard InChI is InChI=1S/C9H18O3/c1-3-8(7-10)5-4-6-9(11)12-2/h8,10H,3-7H2,1-2H3. The van der Waals surface area contributed by atoms with E-state index in [1.54, 1.807) is 0 Å². The number of aliphatic hydroxyl groups excluding tert-OH is 1. The molecule has 0 saturated heterocycles. The first-order chi connectivity index (χ1) is 5.74. The van der Waals surface area contributed by atoms with Crippen LogP contribution < -0.4 is 0 Å². The van der Waals surface area contributed by atoms with E-state index in [9.17, 15) is 4.79 Å². The number of hydrogen-bond acceptors (Lipinski definition) is 3. The first-order valence-corrected chi connectivity index (χ1v) is 4.42. The van der Waals surface area contributed by atoms with Gasteiger partial charge in [0.1, 0.15) is 0 Å². The third kappa shape index (κ3) is 5.13. The number of ether oxygens (including phenoxy) is 1. The van der Waals surface area contributed by atoms with E-state index in [0.29, 0.717) is 12.3 Å². The van der Waals surface area contributed by atoms with Gasteiger partial charge in [0.25, 0.3) is 0 Å². The molecule has 0 aliphatic heterocycles. The molecule has 0 aliphatic rings. The molecule has 0 heterocycles. The average Bonchev–Trinajstić information content (AvgIpc) is 2.12. The second-order valence-corrected chi connectivity index (χ2v) is 2.93. The van der Waals surface area contributed by atoms with Gasteiger partial charge in [0.2, 0.25) is 0 Å². The molecule has 0 radical (unpaired) electrons. The molecule has 0 aromatic rings.